The van der Waals surface area contributed by atoms with Crippen LogP contribution in [0.3, 0.4) is 0 Å². The van der Waals surface area contributed by atoms with Gasteiger partial charge in [-0.1, -0.05) is 0 Å². The van der Waals surface area contributed by atoms with Crippen molar-refractivity contribution in [3.63, 3.8) is 0 Å². The monoisotopic (exact) mass is 438 g/mol. The molecule has 0 aliphatic rings. The minimum Gasteiger partial charge on any atom is -1.00 e. The van der Waals surface area contributed by atoms with E-state index >= 15 is 0 Å². The Balaban J connectivity index is 0.00000208. The minimum absolute atomic E-state index is 0. The van der Waals surface area contributed by atoms with E-state index in [-0.39, 0.29) is 24.0 Å². The second kappa shape index (κ2) is 7.88. The summed E-state index contributed by atoms with van der Waals surface area (Å²) in [6.45, 7) is 6.24. The molecule has 0 aliphatic carbocycles. The molecule has 3 rings (SSSR count). The smallest absolute Gasteiger partial charge is 0.178 e. The highest BCUT2D eigenvalue weighted by atomic mass is 127. The van der Waals surface area contributed by atoms with Gasteiger partial charge in [-0.25, -0.2) is 4.57 Å². The highest BCUT2D eigenvalue weighted by Gasteiger charge is 2.17. The summed E-state index contributed by atoms with van der Waals surface area (Å²) in [6.07, 6.45) is 4.04. The van der Waals surface area contributed by atoms with Gasteiger partial charge in [-0.3, -0.25) is 0 Å². The van der Waals surface area contributed by atoms with Crippen LogP contribution in [-0.4, -0.2) is 20.2 Å². The molecular weight excluding hydrogens is 415 g/mol. The van der Waals surface area contributed by atoms with Gasteiger partial charge in [-0.2, -0.15) is 0 Å². The van der Waals surface area contributed by atoms with Crippen molar-refractivity contribution < 1.29 is 37.7 Å². The number of aryl methyl sites for hydroxylation is 1. The van der Waals surface area contributed by atoms with Gasteiger partial charge in [0.25, 0.3) is 0 Å². The number of furan rings is 1. The first kappa shape index (κ1) is 18.6. The zero-order valence-corrected chi connectivity index (χ0v) is 16.7. The Morgan fingerprint density at radius 2 is 1.75 bits per heavy atom. The molecule has 1 aromatic carbocycles. The summed E-state index contributed by atoms with van der Waals surface area (Å²) < 4.78 is 13.6. The van der Waals surface area contributed by atoms with Crippen LogP contribution in [0.5, 0.6) is 5.75 Å². The molecule has 0 aliphatic heterocycles. The molecule has 0 saturated carbocycles. The summed E-state index contributed by atoms with van der Waals surface area (Å²) in [5.41, 5.74) is 3.05. The number of methoxy groups -OCH3 is 1. The fourth-order valence-corrected chi connectivity index (χ4v) is 2.89. The maximum Gasteiger partial charge on any atom is 0.178 e. The molecule has 0 atom stereocenters. The number of fused-ring (bicyclic) bond motifs is 1. The quantitative estimate of drug-likeness (QED) is 0.436. The van der Waals surface area contributed by atoms with E-state index in [4.69, 9.17) is 9.15 Å². The number of nitrogens with zero attached hydrogens (tertiary/aromatic N) is 2. The second-order valence-electron chi connectivity index (χ2n) is 5.56. The van der Waals surface area contributed by atoms with Crippen LogP contribution in [-0.2, 0) is 7.05 Å². The van der Waals surface area contributed by atoms with Crippen molar-refractivity contribution in [3.05, 3.63) is 42.7 Å². The molecule has 0 amide bonds. The molecule has 24 heavy (non-hydrogen) atoms. The van der Waals surface area contributed by atoms with Crippen LogP contribution in [0.2, 0.25) is 0 Å². The van der Waals surface area contributed by atoms with E-state index < -0.39 is 0 Å². The summed E-state index contributed by atoms with van der Waals surface area (Å²) in [6, 6.07) is 10.3. The highest BCUT2D eigenvalue weighted by Crippen LogP contribution is 2.38. The fourth-order valence-electron chi connectivity index (χ4n) is 2.89. The van der Waals surface area contributed by atoms with Gasteiger partial charge in [0, 0.05) is 41.9 Å². The van der Waals surface area contributed by atoms with E-state index in [0.29, 0.717) is 0 Å². The number of ether oxygens (including phenoxy) is 1. The lowest BCUT2D eigenvalue weighted by molar-refractivity contribution is -0.671. The molecule has 0 N–H and O–H groups in total. The summed E-state index contributed by atoms with van der Waals surface area (Å²) in [5.74, 6) is 1.63. The van der Waals surface area contributed by atoms with Crippen LogP contribution in [0.15, 0.2) is 47.1 Å². The van der Waals surface area contributed by atoms with Gasteiger partial charge in [0.2, 0.25) is 0 Å². The number of rotatable bonds is 5. The van der Waals surface area contributed by atoms with Crippen LogP contribution < -0.4 is 38.2 Å². The number of hydrogen-bond donors (Lipinski definition) is 0. The maximum atomic E-state index is 6.13. The molecule has 3 aromatic rings. The zero-order chi connectivity index (χ0) is 16.4. The van der Waals surface area contributed by atoms with E-state index in [1.54, 1.807) is 7.11 Å². The number of hydrogen-bond acceptors (Lipinski definition) is 3. The molecule has 128 valence electrons. The number of halogens is 1. The van der Waals surface area contributed by atoms with Crippen LogP contribution >= 0.6 is 0 Å². The zero-order valence-electron chi connectivity index (χ0n) is 14.5. The molecule has 0 fully saturated rings. The van der Waals surface area contributed by atoms with Crippen LogP contribution in [0.25, 0.3) is 22.3 Å². The Kier molecular flexibility index (Phi) is 6.10. The summed E-state index contributed by atoms with van der Waals surface area (Å²) >= 11 is 0. The lowest BCUT2D eigenvalue weighted by atomic mass is 10.1. The molecule has 0 unspecified atom stereocenters. The van der Waals surface area contributed by atoms with Gasteiger partial charge in [0.1, 0.15) is 12.8 Å². The number of pyridine rings is 1. The normalized spacial score (nSPS) is 10.5. The molecule has 2 heterocycles. The molecule has 2 aromatic heterocycles. The lowest BCUT2D eigenvalue weighted by Crippen LogP contribution is -3.00. The van der Waals surface area contributed by atoms with E-state index in [0.717, 1.165) is 41.1 Å². The molecular formula is C19H23IN2O2. The Morgan fingerprint density at radius 3 is 2.33 bits per heavy atom. The van der Waals surface area contributed by atoms with Gasteiger partial charge >= 0.3 is 0 Å². The van der Waals surface area contributed by atoms with E-state index in [1.165, 1.54) is 5.69 Å². The maximum absolute atomic E-state index is 6.13. The van der Waals surface area contributed by atoms with Crippen LogP contribution in [0.4, 0.5) is 5.69 Å². The van der Waals surface area contributed by atoms with Crippen molar-refractivity contribution in [2.75, 3.05) is 25.1 Å². The first-order chi connectivity index (χ1) is 11.2. The van der Waals surface area contributed by atoms with Gasteiger partial charge in [-0.15, -0.1) is 0 Å². The first-order valence-electron chi connectivity index (χ1n) is 7.99. The third-order valence-electron chi connectivity index (χ3n) is 4.21. The van der Waals surface area contributed by atoms with Gasteiger partial charge < -0.3 is 38.0 Å². The SMILES string of the molecule is CCN(CC)c1ccc(OC)c2oc(-c3cc[n+](C)cc3)cc12.[I-]. The predicted octanol–water partition coefficient (Wildman–Crippen LogP) is 0.783. The van der Waals surface area contributed by atoms with Crippen molar-refractivity contribution in [1.29, 1.82) is 0 Å². The highest BCUT2D eigenvalue weighted by molar-refractivity contribution is 5.97. The van der Waals surface area contributed by atoms with Gasteiger partial charge in [0.15, 0.2) is 23.7 Å². The Hall–Kier alpha value is -1.76. The molecule has 5 heteroatoms. The molecule has 0 spiro atoms. The Morgan fingerprint density at radius 1 is 1.08 bits per heavy atom. The summed E-state index contributed by atoms with van der Waals surface area (Å²) in [7, 11) is 3.68. The Bertz CT molecular complexity index is 808. The topological polar surface area (TPSA) is 29.5 Å². The van der Waals surface area contributed by atoms with E-state index in [9.17, 15) is 0 Å². The van der Waals surface area contributed by atoms with E-state index in [2.05, 4.69) is 43.0 Å². The number of aromatic nitrogens is 1. The largest absolute Gasteiger partial charge is 1.00 e. The van der Waals surface area contributed by atoms with Crippen LogP contribution in [0.1, 0.15) is 13.8 Å². The molecule has 0 radical (unpaired) electrons. The average Bonchev–Trinajstić information content (AvgIpc) is 3.02. The van der Waals surface area contributed by atoms with Crippen molar-refractivity contribution in [3.8, 4) is 17.1 Å². The number of benzene rings is 1. The van der Waals surface area contributed by atoms with Crippen molar-refractivity contribution >= 4 is 16.7 Å². The van der Waals surface area contributed by atoms with E-state index in [1.807, 2.05) is 30.1 Å². The minimum atomic E-state index is 0. The van der Waals surface area contributed by atoms with Crippen molar-refractivity contribution in [2.45, 2.75) is 13.8 Å². The predicted molar refractivity (Wildman–Crippen MR) is 92.9 cm³/mol. The summed E-state index contributed by atoms with van der Waals surface area (Å²) in [4.78, 5) is 2.33. The van der Waals surface area contributed by atoms with Gasteiger partial charge in [0.05, 0.1) is 7.11 Å². The lowest BCUT2D eigenvalue weighted by Gasteiger charge is -2.22. The number of anilines is 1. The summed E-state index contributed by atoms with van der Waals surface area (Å²) in [5, 5.41) is 1.09. The van der Waals surface area contributed by atoms with Crippen molar-refractivity contribution in [2.24, 2.45) is 7.05 Å². The fraction of sp³-hybridized carbons (Fsp3) is 0.316. The molecule has 0 saturated heterocycles. The molecule has 4 nitrogen and oxygen atoms in total. The average molecular weight is 438 g/mol. The Labute approximate surface area is 160 Å². The third kappa shape index (κ3) is 3.36. The molecule has 0 bridgehead atoms. The van der Waals surface area contributed by atoms with Crippen LogP contribution in [0, 0.1) is 0 Å². The first-order valence-corrected chi connectivity index (χ1v) is 7.99. The van der Waals surface area contributed by atoms with Crippen molar-refractivity contribution in [1.82, 2.24) is 0 Å². The van der Waals surface area contributed by atoms with Gasteiger partial charge in [-0.05, 0) is 32.0 Å². The standard InChI is InChI=1S/C19H23N2O2.HI/c1-5-21(6-2)16-7-8-17(22-4)19-15(16)13-18(23-19)14-9-11-20(3)12-10-14;/h7-13H,5-6H2,1-4H3;1H/q+1;/p-1. The second-order valence-corrected chi connectivity index (χ2v) is 5.56. The third-order valence-corrected chi connectivity index (χ3v) is 4.21.